The molecule has 0 N–H and O–H groups in total. The van der Waals surface area contributed by atoms with Gasteiger partial charge < -0.3 is 14.2 Å². The van der Waals surface area contributed by atoms with Crippen LogP contribution in [0.1, 0.15) is 36.6 Å². The molecule has 204 valence electrons. The lowest BCUT2D eigenvalue weighted by Crippen LogP contribution is -2.40. The summed E-state index contributed by atoms with van der Waals surface area (Å²) in [4.78, 5) is 32.8. The van der Waals surface area contributed by atoms with Crippen LogP contribution in [-0.2, 0) is 9.53 Å². The van der Waals surface area contributed by atoms with Crippen LogP contribution in [0.15, 0.2) is 88.2 Å². The number of hydrogen-bond donors (Lipinski definition) is 0. The number of carbonyl (C=O) groups is 1. The van der Waals surface area contributed by atoms with E-state index in [1.54, 1.807) is 36.8 Å². The third-order valence-electron chi connectivity index (χ3n) is 6.35. The van der Waals surface area contributed by atoms with E-state index >= 15 is 0 Å². The number of carbonyl (C=O) groups excluding carboxylic acids is 1. The van der Waals surface area contributed by atoms with Gasteiger partial charge in [-0.05, 0) is 55.3 Å². The van der Waals surface area contributed by atoms with Gasteiger partial charge in [0.1, 0.15) is 11.5 Å². The van der Waals surface area contributed by atoms with Gasteiger partial charge in [-0.25, -0.2) is 9.79 Å². The van der Waals surface area contributed by atoms with E-state index in [0.717, 1.165) is 16.7 Å². The maximum atomic E-state index is 14.0. The number of fused-ring (bicyclic) bond motifs is 1. The Morgan fingerprint density at radius 2 is 1.80 bits per heavy atom. The molecule has 9 heteroatoms. The standard InChI is InChI=1S/C31H27ClN2O5S/c1-4-38-22-14-12-21(13-15-22)28-26(30(36)39-5-2)27(20-9-7-6-8-10-20)33-31-34(28)29(35)25(40-31)18-19-11-16-24(37-3)23(32)17-19/h6-18,28H,4-5H2,1-3H3/b25-18-/t28-/m0/s1. The van der Waals surface area contributed by atoms with Gasteiger partial charge in [-0.2, -0.15) is 0 Å². The molecule has 0 saturated heterocycles. The van der Waals surface area contributed by atoms with Gasteiger partial charge in [0.25, 0.3) is 5.56 Å². The average Bonchev–Trinajstić information content (AvgIpc) is 3.27. The zero-order chi connectivity index (χ0) is 28.2. The minimum Gasteiger partial charge on any atom is -0.495 e. The van der Waals surface area contributed by atoms with Gasteiger partial charge in [-0.1, -0.05) is 71.5 Å². The van der Waals surface area contributed by atoms with Crippen molar-refractivity contribution in [1.29, 1.82) is 0 Å². The minimum atomic E-state index is -0.761. The molecule has 0 spiro atoms. The van der Waals surface area contributed by atoms with E-state index in [1.807, 2.05) is 67.6 Å². The first-order valence-electron chi connectivity index (χ1n) is 12.8. The van der Waals surface area contributed by atoms with E-state index in [2.05, 4.69) is 0 Å². The number of rotatable bonds is 8. The zero-order valence-corrected chi connectivity index (χ0v) is 23.8. The van der Waals surface area contributed by atoms with E-state index in [-0.39, 0.29) is 12.2 Å². The fourth-order valence-electron chi connectivity index (χ4n) is 4.59. The Morgan fingerprint density at radius 3 is 2.45 bits per heavy atom. The Labute approximate surface area is 240 Å². The van der Waals surface area contributed by atoms with E-state index in [4.69, 9.17) is 30.8 Å². The Balaban J connectivity index is 1.78. The van der Waals surface area contributed by atoms with Crippen molar-refractivity contribution in [3.8, 4) is 11.5 Å². The van der Waals surface area contributed by atoms with Crippen LogP contribution in [0, 0.1) is 0 Å². The molecule has 0 unspecified atom stereocenters. The number of ether oxygens (including phenoxy) is 3. The first kappa shape index (κ1) is 27.4. The number of halogens is 1. The monoisotopic (exact) mass is 574 g/mol. The van der Waals surface area contributed by atoms with Gasteiger partial charge in [0.05, 0.1) is 47.2 Å². The van der Waals surface area contributed by atoms with Gasteiger partial charge in [0.2, 0.25) is 0 Å². The SMILES string of the molecule is CCOC(=O)C1=C(c2ccccc2)N=c2s/c(=C\c3ccc(OC)c(Cl)c3)c(=O)n2[C@H]1c1ccc(OCC)cc1. The highest BCUT2D eigenvalue weighted by molar-refractivity contribution is 7.07. The number of thiazole rings is 1. The number of methoxy groups -OCH3 is 1. The van der Waals surface area contributed by atoms with Crippen molar-refractivity contribution in [2.75, 3.05) is 20.3 Å². The summed E-state index contributed by atoms with van der Waals surface area (Å²) in [6.45, 7) is 4.37. The van der Waals surface area contributed by atoms with E-state index in [9.17, 15) is 9.59 Å². The highest BCUT2D eigenvalue weighted by atomic mass is 35.5. The molecule has 0 fully saturated rings. The molecule has 40 heavy (non-hydrogen) atoms. The molecule has 0 saturated carbocycles. The molecule has 4 aromatic rings. The highest BCUT2D eigenvalue weighted by Gasteiger charge is 2.35. The number of nitrogens with zero attached hydrogens (tertiary/aromatic N) is 2. The van der Waals surface area contributed by atoms with Crippen molar-refractivity contribution in [2.45, 2.75) is 19.9 Å². The van der Waals surface area contributed by atoms with Gasteiger partial charge in [0, 0.05) is 5.56 Å². The molecule has 0 aliphatic carbocycles. The fourth-order valence-corrected chi connectivity index (χ4v) is 5.86. The summed E-state index contributed by atoms with van der Waals surface area (Å²) in [7, 11) is 1.55. The maximum Gasteiger partial charge on any atom is 0.338 e. The van der Waals surface area contributed by atoms with Crippen LogP contribution >= 0.6 is 22.9 Å². The molecule has 0 bridgehead atoms. The maximum absolute atomic E-state index is 14.0. The summed E-state index contributed by atoms with van der Waals surface area (Å²) in [6, 6.07) is 21.4. The van der Waals surface area contributed by atoms with Gasteiger partial charge in [0.15, 0.2) is 4.80 Å². The Kier molecular flexibility index (Phi) is 8.19. The molecule has 1 aliphatic heterocycles. The second kappa shape index (κ2) is 11.9. The van der Waals surface area contributed by atoms with Crippen molar-refractivity contribution in [2.24, 2.45) is 4.99 Å². The fraction of sp³-hybridized carbons (Fsp3) is 0.194. The molecule has 3 aromatic carbocycles. The van der Waals surface area contributed by atoms with Crippen molar-refractivity contribution in [3.05, 3.63) is 120 Å². The number of esters is 1. The number of hydrogen-bond acceptors (Lipinski definition) is 7. The van der Waals surface area contributed by atoms with Crippen LogP contribution in [0.5, 0.6) is 11.5 Å². The number of benzene rings is 3. The second-order valence-corrected chi connectivity index (χ2v) is 10.2. The first-order chi connectivity index (χ1) is 19.4. The van der Waals surface area contributed by atoms with Gasteiger partial charge in [-0.15, -0.1) is 0 Å². The van der Waals surface area contributed by atoms with Crippen LogP contribution in [0.4, 0.5) is 0 Å². The summed E-state index contributed by atoms with van der Waals surface area (Å²) in [6.07, 6.45) is 1.76. The normalized spacial score (nSPS) is 14.9. The minimum absolute atomic E-state index is 0.184. The third kappa shape index (κ3) is 5.33. The molecule has 5 rings (SSSR count). The van der Waals surface area contributed by atoms with Crippen LogP contribution in [0.2, 0.25) is 5.02 Å². The molecule has 1 aromatic heterocycles. The average molecular weight is 575 g/mol. The Bertz CT molecular complexity index is 1760. The predicted molar refractivity (Wildman–Crippen MR) is 157 cm³/mol. The first-order valence-corrected chi connectivity index (χ1v) is 14.0. The van der Waals surface area contributed by atoms with Crippen molar-refractivity contribution in [1.82, 2.24) is 4.57 Å². The largest absolute Gasteiger partial charge is 0.495 e. The van der Waals surface area contributed by atoms with Crippen LogP contribution in [0.25, 0.3) is 11.8 Å². The molecule has 7 nitrogen and oxygen atoms in total. The molecule has 0 amide bonds. The van der Waals surface area contributed by atoms with Crippen molar-refractivity contribution < 1.29 is 19.0 Å². The van der Waals surface area contributed by atoms with Gasteiger partial charge in [-0.3, -0.25) is 9.36 Å². The van der Waals surface area contributed by atoms with E-state index < -0.39 is 12.0 Å². The smallest absolute Gasteiger partial charge is 0.338 e. The number of aromatic nitrogens is 1. The summed E-state index contributed by atoms with van der Waals surface area (Å²) in [5.74, 6) is 0.711. The summed E-state index contributed by atoms with van der Waals surface area (Å²) < 4.78 is 18.4. The van der Waals surface area contributed by atoms with E-state index in [0.29, 0.717) is 43.7 Å². The molecular weight excluding hydrogens is 548 g/mol. The summed E-state index contributed by atoms with van der Waals surface area (Å²) in [5, 5.41) is 0.437. The lowest BCUT2D eigenvalue weighted by Gasteiger charge is -2.26. The summed E-state index contributed by atoms with van der Waals surface area (Å²) in [5.41, 5.74) is 2.71. The zero-order valence-electron chi connectivity index (χ0n) is 22.2. The van der Waals surface area contributed by atoms with Crippen molar-refractivity contribution >= 4 is 40.7 Å². The Morgan fingerprint density at radius 1 is 1.05 bits per heavy atom. The molecular formula is C31H27ClN2O5S. The quantitative estimate of drug-likeness (QED) is 0.277. The lowest BCUT2D eigenvalue weighted by molar-refractivity contribution is -0.138. The lowest BCUT2D eigenvalue weighted by atomic mass is 9.93. The van der Waals surface area contributed by atoms with Crippen LogP contribution in [0.3, 0.4) is 0 Å². The molecule has 1 aliphatic rings. The predicted octanol–water partition coefficient (Wildman–Crippen LogP) is 5.00. The summed E-state index contributed by atoms with van der Waals surface area (Å²) >= 11 is 7.58. The highest BCUT2D eigenvalue weighted by Crippen LogP contribution is 2.35. The topological polar surface area (TPSA) is 79.1 Å². The Hall–Kier alpha value is -4.14. The molecule has 2 heterocycles. The molecule has 0 radical (unpaired) electrons. The third-order valence-corrected chi connectivity index (χ3v) is 7.63. The van der Waals surface area contributed by atoms with Gasteiger partial charge >= 0.3 is 5.97 Å². The molecule has 1 atom stereocenters. The van der Waals surface area contributed by atoms with Crippen LogP contribution in [-0.4, -0.2) is 30.9 Å². The van der Waals surface area contributed by atoms with Crippen molar-refractivity contribution in [3.63, 3.8) is 0 Å². The van der Waals surface area contributed by atoms with Crippen LogP contribution < -0.4 is 24.4 Å². The van der Waals surface area contributed by atoms with E-state index in [1.165, 1.54) is 11.3 Å². The second-order valence-electron chi connectivity index (χ2n) is 8.83.